The molecule has 1 heterocycles. The average Bonchev–Trinajstić information content (AvgIpc) is 2.71. The van der Waals surface area contributed by atoms with Crippen LogP contribution >= 0.6 is 8.60 Å². The molecule has 1 aromatic heterocycles. The summed E-state index contributed by atoms with van der Waals surface area (Å²) in [5, 5.41) is 12.6. The molecule has 1 rings (SSSR count). The molecule has 0 amide bonds. The van der Waals surface area contributed by atoms with Crippen LogP contribution in [0.1, 0.15) is 32.1 Å². The van der Waals surface area contributed by atoms with E-state index in [2.05, 4.69) is 9.68 Å². The minimum absolute atomic E-state index is 0.0217. The smallest absolute Gasteiger partial charge is 0.330 e. The molecule has 0 aliphatic heterocycles. The maximum Gasteiger partial charge on any atom is 0.330 e. The molecule has 10 heteroatoms. The van der Waals surface area contributed by atoms with Gasteiger partial charge in [0.25, 0.3) is 5.88 Å². The molecule has 0 aliphatic carbocycles. The monoisotopic (exact) mass is 322 g/mol. The molecule has 0 unspecified atom stereocenters. The summed E-state index contributed by atoms with van der Waals surface area (Å²) in [7, 11) is -2.55. The molecular formula is C11H19N2O7P. The Morgan fingerprint density at radius 3 is 2.57 bits per heavy atom. The first kappa shape index (κ1) is 17.8. The summed E-state index contributed by atoms with van der Waals surface area (Å²) < 4.78 is 14.8. The Bertz CT molecular complexity index is 483. The predicted molar refractivity (Wildman–Crippen MR) is 72.5 cm³/mol. The number of carboxylic acids is 1. The van der Waals surface area contributed by atoms with Crippen LogP contribution in [0.4, 0.5) is 0 Å². The summed E-state index contributed by atoms with van der Waals surface area (Å²) in [6, 6.07) is -1.14. The van der Waals surface area contributed by atoms with Crippen LogP contribution in [0.25, 0.3) is 0 Å². The van der Waals surface area contributed by atoms with Crippen LogP contribution in [-0.2, 0) is 21.2 Å². The van der Waals surface area contributed by atoms with Crippen LogP contribution < -0.4 is 10.5 Å². The zero-order chi connectivity index (χ0) is 16.2. The number of nitrogens with zero attached hydrogens (tertiary/aromatic N) is 1. The number of carbonyl (C=O) groups is 1. The third-order valence-electron chi connectivity index (χ3n) is 2.54. The average molecular weight is 322 g/mol. The summed E-state index contributed by atoms with van der Waals surface area (Å²) in [5.41, 5.74) is 5.52. The predicted octanol–water partition coefficient (Wildman–Crippen LogP) is 0.491. The SMILES string of the molecule is CC(C)(C)c1onc(OCOP(O)O)c1C[C@H](N)C(=O)O. The number of nitrogens with two attached hydrogens (primary N) is 1. The molecule has 0 fully saturated rings. The van der Waals surface area contributed by atoms with Gasteiger partial charge in [-0.15, -0.1) is 0 Å². The fraction of sp³-hybridized carbons (Fsp3) is 0.636. The van der Waals surface area contributed by atoms with Gasteiger partial charge >= 0.3 is 14.6 Å². The minimum atomic E-state index is -2.55. The van der Waals surface area contributed by atoms with Gasteiger partial charge in [-0.25, -0.2) is 0 Å². The zero-order valence-electron chi connectivity index (χ0n) is 11.9. The van der Waals surface area contributed by atoms with Crippen molar-refractivity contribution >= 4 is 14.6 Å². The fourth-order valence-corrected chi connectivity index (χ4v) is 1.76. The molecular weight excluding hydrogens is 303 g/mol. The van der Waals surface area contributed by atoms with E-state index in [0.717, 1.165) is 0 Å². The number of hydrogen-bond acceptors (Lipinski definition) is 8. The van der Waals surface area contributed by atoms with E-state index in [1.54, 1.807) is 0 Å². The Labute approximate surface area is 122 Å². The van der Waals surface area contributed by atoms with Gasteiger partial charge in [0.15, 0.2) is 6.79 Å². The van der Waals surface area contributed by atoms with Crippen LogP contribution in [0.3, 0.4) is 0 Å². The molecule has 0 saturated heterocycles. The Kier molecular flexibility index (Phi) is 6.06. The highest BCUT2D eigenvalue weighted by molar-refractivity contribution is 7.39. The number of carboxylic acid groups (broad SMARTS) is 1. The largest absolute Gasteiger partial charge is 0.480 e. The van der Waals surface area contributed by atoms with Gasteiger partial charge in [-0.05, 0) is 5.16 Å². The van der Waals surface area contributed by atoms with Crippen molar-refractivity contribution in [3.63, 3.8) is 0 Å². The van der Waals surface area contributed by atoms with E-state index in [1.165, 1.54) is 0 Å². The lowest BCUT2D eigenvalue weighted by atomic mass is 9.88. The minimum Gasteiger partial charge on any atom is -0.480 e. The van der Waals surface area contributed by atoms with E-state index in [-0.39, 0.29) is 12.3 Å². The van der Waals surface area contributed by atoms with Crippen molar-refractivity contribution < 1.29 is 33.5 Å². The Morgan fingerprint density at radius 2 is 2.10 bits per heavy atom. The van der Waals surface area contributed by atoms with E-state index in [1.807, 2.05) is 20.8 Å². The molecule has 120 valence electrons. The second-order valence-electron chi connectivity index (χ2n) is 5.34. The van der Waals surface area contributed by atoms with Gasteiger partial charge in [0.05, 0.1) is 5.56 Å². The van der Waals surface area contributed by atoms with Crippen molar-refractivity contribution in [2.24, 2.45) is 5.73 Å². The highest BCUT2D eigenvalue weighted by atomic mass is 31.2. The normalized spacial score (nSPS) is 13.5. The lowest BCUT2D eigenvalue weighted by Gasteiger charge is -2.17. The van der Waals surface area contributed by atoms with Crippen molar-refractivity contribution in [2.75, 3.05) is 6.79 Å². The molecule has 0 radical (unpaired) electrons. The number of rotatable bonds is 7. The van der Waals surface area contributed by atoms with Crippen molar-refractivity contribution in [2.45, 2.75) is 38.6 Å². The van der Waals surface area contributed by atoms with E-state index >= 15 is 0 Å². The van der Waals surface area contributed by atoms with Crippen molar-refractivity contribution in [3.05, 3.63) is 11.3 Å². The second kappa shape index (κ2) is 7.15. The Morgan fingerprint density at radius 1 is 1.48 bits per heavy atom. The van der Waals surface area contributed by atoms with E-state index in [0.29, 0.717) is 11.3 Å². The van der Waals surface area contributed by atoms with Crippen LogP contribution in [-0.4, -0.2) is 38.9 Å². The van der Waals surface area contributed by atoms with Crippen molar-refractivity contribution in [1.29, 1.82) is 0 Å². The molecule has 21 heavy (non-hydrogen) atoms. The van der Waals surface area contributed by atoms with Gasteiger partial charge in [0.1, 0.15) is 11.8 Å². The van der Waals surface area contributed by atoms with Gasteiger partial charge in [0.2, 0.25) is 0 Å². The molecule has 9 nitrogen and oxygen atoms in total. The molecule has 0 saturated carbocycles. The Balaban J connectivity index is 2.97. The molecule has 0 aromatic carbocycles. The second-order valence-corrected chi connectivity index (χ2v) is 6.10. The molecule has 0 aliphatic rings. The van der Waals surface area contributed by atoms with Crippen molar-refractivity contribution in [3.8, 4) is 5.88 Å². The first-order chi connectivity index (χ1) is 9.62. The summed E-state index contributed by atoms with van der Waals surface area (Å²) in [5.74, 6) is -0.689. The highest BCUT2D eigenvalue weighted by Crippen LogP contribution is 2.33. The maximum atomic E-state index is 10.9. The standard InChI is InChI=1S/C11H19N2O7P/c1-11(2,3)8-6(4-7(12)10(14)15)9(13-20-8)18-5-19-21(16)17/h7,16-17H,4-5,12H2,1-3H3,(H,14,15)/t7-/m0/s1. The molecule has 0 spiro atoms. The van der Waals surface area contributed by atoms with Crippen LogP contribution in [0.2, 0.25) is 0 Å². The summed E-state index contributed by atoms with van der Waals surface area (Å²) >= 11 is 0. The lowest BCUT2D eigenvalue weighted by Crippen LogP contribution is -2.33. The van der Waals surface area contributed by atoms with Gasteiger partial charge in [-0.2, -0.15) is 0 Å². The number of aliphatic carboxylic acids is 1. The maximum absolute atomic E-state index is 10.9. The number of ether oxygens (including phenoxy) is 1. The number of aromatic nitrogens is 1. The van der Waals surface area contributed by atoms with Gasteiger partial charge in [0, 0.05) is 11.8 Å². The van der Waals surface area contributed by atoms with Gasteiger partial charge in [-0.3, -0.25) is 9.32 Å². The summed E-state index contributed by atoms with van der Waals surface area (Å²) in [6.45, 7) is 5.14. The molecule has 5 N–H and O–H groups in total. The van der Waals surface area contributed by atoms with Crippen LogP contribution in [0, 0.1) is 0 Å². The van der Waals surface area contributed by atoms with E-state index in [4.69, 9.17) is 29.9 Å². The quantitative estimate of drug-likeness (QED) is 0.415. The fourth-order valence-electron chi connectivity index (χ4n) is 1.61. The molecule has 1 atom stereocenters. The van der Waals surface area contributed by atoms with E-state index in [9.17, 15) is 4.79 Å². The van der Waals surface area contributed by atoms with Gasteiger partial charge < -0.3 is 29.9 Å². The Hall–Kier alpha value is -1.25. The topological polar surface area (TPSA) is 148 Å². The molecule has 1 aromatic rings. The third-order valence-corrected chi connectivity index (χ3v) is 2.87. The first-order valence-corrected chi connectivity index (χ1v) is 7.20. The zero-order valence-corrected chi connectivity index (χ0v) is 12.8. The lowest BCUT2D eigenvalue weighted by molar-refractivity contribution is -0.138. The van der Waals surface area contributed by atoms with Crippen molar-refractivity contribution in [1.82, 2.24) is 5.16 Å². The number of hydrogen-bond donors (Lipinski definition) is 4. The van der Waals surface area contributed by atoms with Crippen LogP contribution in [0.5, 0.6) is 5.88 Å². The van der Waals surface area contributed by atoms with E-state index < -0.39 is 32.8 Å². The summed E-state index contributed by atoms with van der Waals surface area (Å²) in [6.07, 6.45) is -0.0339. The highest BCUT2D eigenvalue weighted by Gasteiger charge is 2.30. The molecule has 0 bridgehead atoms. The first-order valence-electron chi connectivity index (χ1n) is 6.04. The third kappa shape index (κ3) is 5.22. The van der Waals surface area contributed by atoms with Crippen LogP contribution in [0.15, 0.2) is 4.52 Å². The summed E-state index contributed by atoms with van der Waals surface area (Å²) in [4.78, 5) is 28.2. The van der Waals surface area contributed by atoms with Gasteiger partial charge in [-0.1, -0.05) is 20.8 Å².